The van der Waals surface area contributed by atoms with E-state index >= 15 is 0 Å². The number of para-hydroxylation sites is 1. The van der Waals surface area contributed by atoms with Crippen molar-refractivity contribution in [3.8, 4) is 5.75 Å². The molecule has 1 aliphatic rings. The third kappa shape index (κ3) is 3.63. The molecule has 0 radical (unpaired) electrons. The maximum atomic E-state index is 11.4. The van der Waals surface area contributed by atoms with E-state index in [2.05, 4.69) is 29.3 Å². The Morgan fingerprint density at radius 1 is 1.19 bits per heavy atom. The molecule has 1 aliphatic heterocycles. The SMILES string of the molecule is CC(=O)N1CC=C(c2ccc(OCc3nc4ccccc4s3)cc2)CC1. The maximum absolute atomic E-state index is 11.4. The molecule has 2 heterocycles. The van der Waals surface area contributed by atoms with Crippen LogP contribution in [0.1, 0.15) is 23.9 Å². The van der Waals surface area contributed by atoms with E-state index in [0.29, 0.717) is 13.2 Å². The molecule has 4 nitrogen and oxygen atoms in total. The number of carbonyl (C=O) groups is 1. The van der Waals surface area contributed by atoms with E-state index in [0.717, 1.165) is 29.2 Å². The zero-order valence-corrected chi connectivity index (χ0v) is 15.5. The molecular formula is C21H20N2O2S. The maximum Gasteiger partial charge on any atom is 0.219 e. The van der Waals surface area contributed by atoms with Crippen molar-refractivity contribution in [2.75, 3.05) is 13.1 Å². The van der Waals surface area contributed by atoms with Crippen LogP contribution in [0.3, 0.4) is 0 Å². The van der Waals surface area contributed by atoms with Crippen molar-refractivity contribution in [3.63, 3.8) is 0 Å². The fourth-order valence-electron chi connectivity index (χ4n) is 3.11. The molecule has 0 unspecified atom stereocenters. The first-order valence-corrected chi connectivity index (χ1v) is 9.53. The van der Waals surface area contributed by atoms with Crippen molar-refractivity contribution in [2.45, 2.75) is 20.0 Å². The largest absolute Gasteiger partial charge is 0.486 e. The second-order valence-electron chi connectivity index (χ2n) is 6.33. The lowest BCUT2D eigenvalue weighted by Gasteiger charge is -2.25. The smallest absolute Gasteiger partial charge is 0.219 e. The third-order valence-corrected chi connectivity index (χ3v) is 5.59. The van der Waals surface area contributed by atoms with Gasteiger partial charge in [-0.15, -0.1) is 11.3 Å². The Hall–Kier alpha value is -2.66. The van der Waals surface area contributed by atoms with Gasteiger partial charge < -0.3 is 9.64 Å². The molecule has 132 valence electrons. The number of ether oxygens (including phenoxy) is 1. The van der Waals surface area contributed by atoms with Crippen molar-refractivity contribution in [1.29, 1.82) is 0 Å². The van der Waals surface area contributed by atoms with Gasteiger partial charge >= 0.3 is 0 Å². The number of fused-ring (bicyclic) bond motifs is 1. The topological polar surface area (TPSA) is 42.4 Å². The van der Waals surface area contributed by atoms with E-state index in [4.69, 9.17) is 4.74 Å². The summed E-state index contributed by atoms with van der Waals surface area (Å²) in [5.74, 6) is 0.980. The highest BCUT2D eigenvalue weighted by Crippen LogP contribution is 2.26. The highest BCUT2D eigenvalue weighted by atomic mass is 32.1. The van der Waals surface area contributed by atoms with Gasteiger partial charge in [-0.3, -0.25) is 4.79 Å². The van der Waals surface area contributed by atoms with Crippen LogP contribution in [-0.4, -0.2) is 28.9 Å². The zero-order chi connectivity index (χ0) is 17.9. The molecule has 1 amide bonds. The summed E-state index contributed by atoms with van der Waals surface area (Å²) in [5, 5.41) is 0.981. The number of aromatic nitrogens is 1. The summed E-state index contributed by atoms with van der Waals surface area (Å²) in [6.07, 6.45) is 3.04. The molecule has 0 aliphatic carbocycles. The fourth-order valence-corrected chi connectivity index (χ4v) is 3.99. The number of benzene rings is 2. The van der Waals surface area contributed by atoms with Gasteiger partial charge in [-0.1, -0.05) is 30.3 Å². The second kappa shape index (κ2) is 7.30. The predicted molar refractivity (Wildman–Crippen MR) is 105 cm³/mol. The summed E-state index contributed by atoms with van der Waals surface area (Å²) >= 11 is 1.67. The van der Waals surface area contributed by atoms with Crippen LogP contribution in [0, 0.1) is 0 Å². The molecule has 3 aromatic rings. The van der Waals surface area contributed by atoms with Crippen LogP contribution in [0.4, 0.5) is 0 Å². The van der Waals surface area contributed by atoms with Gasteiger partial charge in [0.1, 0.15) is 17.4 Å². The van der Waals surface area contributed by atoms with E-state index in [1.54, 1.807) is 18.3 Å². The van der Waals surface area contributed by atoms with E-state index in [1.807, 2.05) is 35.2 Å². The summed E-state index contributed by atoms with van der Waals surface area (Å²) in [5.41, 5.74) is 3.51. The average Bonchev–Trinajstić information content (AvgIpc) is 3.10. The molecule has 4 rings (SSSR count). The summed E-state index contributed by atoms with van der Waals surface area (Å²) in [6, 6.07) is 16.3. The quantitative estimate of drug-likeness (QED) is 0.684. The van der Waals surface area contributed by atoms with Gasteiger partial charge in [-0.2, -0.15) is 0 Å². The van der Waals surface area contributed by atoms with Crippen LogP contribution in [0.5, 0.6) is 5.75 Å². The van der Waals surface area contributed by atoms with Crippen LogP contribution in [0.2, 0.25) is 0 Å². The molecule has 0 saturated heterocycles. The van der Waals surface area contributed by atoms with E-state index < -0.39 is 0 Å². The molecule has 0 fully saturated rings. The molecule has 0 saturated carbocycles. The van der Waals surface area contributed by atoms with Gasteiger partial charge in [0, 0.05) is 20.0 Å². The Bertz CT molecular complexity index is 927. The Morgan fingerprint density at radius 3 is 2.69 bits per heavy atom. The first-order valence-electron chi connectivity index (χ1n) is 8.71. The van der Waals surface area contributed by atoms with Gasteiger partial charge in [0.2, 0.25) is 5.91 Å². The van der Waals surface area contributed by atoms with Crippen molar-refractivity contribution in [2.24, 2.45) is 0 Å². The first-order chi connectivity index (χ1) is 12.7. The monoisotopic (exact) mass is 364 g/mol. The van der Waals surface area contributed by atoms with Gasteiger partial charge in [-0.25, -0.2) is 4.98 Å². The highest BCUT2D eigenvalue weighted by molar-refractivity contribution is 7.18. The van der Waals surface area contributed by atoms with E-state index in [9.17, 15) is 4.79 Å². The number of carbonyl (C=O) groups excluding carboxylic acids is 1. The first kappa shape index (κ1) is 16.8. The second-order valence-corrected chi connectivity index (χ2v) is 7.45. The standard InChI is InChI=1S/C21H20N2O2S/c1-15(24)23-12-10-17(11-13-23)16-6-8-18(9-7-16)25-14-21-22-19-4-2-3-5-20(19)26-21/h2-10H,11-14H2,1H3. The number of rotatable bonds is 4. The van der Waals surface area contributed by atoms with Gasteiger partial charge in [0.05, 0.1) is 10.2 Å². The predicted octanol–water partition coefficient (Wildman–Crippen LogP) is 4.51. The third-order valence-electron chi connectivity index (χ3n) is 4.58. The van der Waals surface area contributed by atoms with Crippen LogP contribution in [-0.2, 0) is 11.4 Å². The van der Waals surface area contributed by atoms with Crippen LogP contribution >= 0.6 is 11.3 Å². The van der Waals surface area contributed by atoms with Crippen molar-refractivity contribution in [3.05, 3.63) is 65.2 Å². The summed E-state index contributed by atoms with van der Waals surface area (Å²) < 4.78 is 7.07. The Morgan fingerprint density at radius 2 is 2.00 bits per heavy atom. The van der Waals surface area contributed by atoms with Crippen LogP contribution < -0.4 is 4.74 Å². The van der Waals surface area contributed by atoms with Gasteiger partial charge in [-0.05, 0) is 41.8 Å². The number of hydrogen-bond donors (Lipinski definition) is 0. The lowest BCUT2D eigenvalue weighted by Crippen LogP contribution is -2.32. The molecule has 0 bridgehead atoms. The normalized spacial score (nSPS) is 14.3. The lowest BCUT2D eigenvalue weighted by molar-refractivity contribution is -0.128. The minimum atomic E-state index is 0.138. The van der Waals surface area contributed by atoms with Gasteiger partial charge in [0.25, 0.3) is 0 Å². The summed E-state index contributed by atoms with van der Waals surface area (Å²) in [7, 11) is 0. The average molecular weight is 364 g/mol. The van der Waals surface area contributed by atoms with Crippen LogP contribution in [0.25, 0.3) is 15.8 Å². The number of hydrogen-bond acceptors (Lipinski definition) is 4. The molecule has 0 spiro atoms. The Labute approximate surface area is 156 Å². The Balaban J connectivity index is 1.39. The molecule has 26 heavy (non-hydrogen) atoms. The number of thiazole rings is 1. The minimum Gasteiger partial charge on any atom is -0.486 e. The number of nitrogens with zero attached hydrogens (tertiary/aromatic N) is 2. The molecule has 2 aromatic carbocycles. The van der Waals surface area contributed by atoms with Crippen molar-refractivity contribution >= 4 is 33.0 Å². The number of amides is 1. The molecule has 1 aromatic heterocycles. The Kier molecular flexibility index (Phi) is 4.71. The molecule has 5 heteroatoms. The lowest BCUT2D eigenvalue weighted by atomic mass is 9.99. The van der Waals surface area contributed by atoms with E-state index in [1.165, 1.54) is 15.8 Å². The highest BCUT2D eigenvalue weighted by Gasteiger charge is 2.14. The van der Waals surface area contributed by atoms with Crippen LogP contribution in [0.15, 0.2) is 54.6 Å². The van der Waals surface area contributed by atoms with E-state index in [-0.39, 0.29) is 5.91 Å². The van der Waals surface area contributed by atoms with Crippen molar-refractivity contribution in [1.82, 2.24) is 9.88 Å². The summed E-state index contributed by atoms with van der Waals surface area (Å²) in [4.78, 5) is 17.9. The molecule has 0 N–H and O–H groups in total. The molecule has 0 atom stereocenters. The fraction of sp³-hybridized carbons (Fsp3) is 0.238. The zero-order valence-electron chi connectivity index (χ0n) is 14.6. The molecular weight excluding hydrogens is 344 g/mol. The summed E-state index contributed by atoms with van der Waals surface area (Å²) in [6.45, 7) is 3.59. The van der Waals surface area contributed by atoms with Crippen molar-refractivity contribution < 1.29 is 9.53 Å². The minimum absolute atomic E-state index is 0.138. The van der Waals surface area contributed by atoms with Gasteiger partial charge in [0.15, 0.2) is 0 Å².